The lowest BCUT2D eigenvalue weighted by Gasteiger charge is -2.30. The zero-order chi connectivity index (χ0) is 18.5. The van der Waals surface area contributed by atoms with Crippen LogP contribution in [0.25, 0.3) is 21.7 Å². The number of rotatable bonds is 2. The van der Waals surface area contributed by atoms with E-state index >= 15 is 0 Å². The number of nitrogens with zero attached hydrogens (tertiary/aromatic N) is 2. The highest BCUT2D eigenvalue weighted by Gasteiger charge is 2.23. The van der Waals surface area contributed by atoms with Crippen LogP contribution in [0, 0.1) is 5.82 Å². The van der Waals surface area contributed by atoms with E-state index in [1.165, 1.54) is 27.7 Å². The summed E-state index contributed by atoms with van der Waals surface area (Å²) in [5.74, 6) is 0.698. The number of aromatic nitrogens is 1. The van der Waals surface area contributed by atoms with Crippen LogP contribution in [0.4, 0.5) is 10.1 Å². The Hall–Kier alpha value is -3.01. The normalized spacial score (nSPS) is 14.0. The van der Waals surface area contributed by atoms with Crippen LogP contribution in [-0.2, 0) is 20.0 Å². The summed E-state index contributed by atoms with van der Waals surface area (Å²) < 4.78 is 21.4. The van der Waals surface area contributed by atoms with Gasteiger partial charge in [0.15, 0.2) is 0 Å². The molecule has 0 fully saturated rings. The Kier molecular flexibility index (Phi) is 3.61. The number of ether oxygens (including phenoxy) is 1. The molecule has 0 atom stereocenters. The van der Waals surface area contributed by atoms with Crippen LogP contribution in [-0.4, -0.2) is 18.2 Å². The van der Waals surface area contributed by atoms with Gasteiger partial charge >= 0.3 is 0 Å². The van der Waals surface area contributed by atoms with Gasteiger partial charge in [-0.2, -0.15) is 0 Å². The Morgan fingerprint density at radius 2 is 1.78 bits per heavy atom. The second-order valence-electron chi connectivity index (χ2n) is 7.21. The van der Waals surface area contributed by atoms with Gasteiger partial charge in [0.2, 0.25) is 0 Å². The zero-order valence-electron chi connectivity index (χ0n) is 15.5. The van der Waals surface area contributed by atoms with Crippen molar-refractivity contribution >= 4 is 27.4 Å². The molecule has 1 aromatic heterocycles. The molecule has 4 aromatic rings. The number of halogens is 1. The maximum atomic E-state index is 13.8. The Bertz CT molecular complexity index is 1180. The van der Waals surface area contributed by atoms with Crippen LogP contribution in [0.1, 0.15) is 11.3 Å². The van der Waals surface area contributed by atoms with E-state index in [0.29, 0.717) is 0 Å². The molecule has 0 N–H and O–H groups in total. The molecule has 3 aromatic carbocycles. The molecule has 0 amide bonds. The maximum Gasteiger partial charge on any atom is 0.123 e. The summed E-state index contributed by atoms with van der Waals surface area (Å²) in [5, 5.41) is 3.40. The summed E-state index contributed by atoms with van der Waals surface area (Å²) in [7, 11) is 3.77. The monoisotopic (exact) mass is 360 g/mol. The largest absolute Gasteiger partial charge is 0.497 e. The van der Waals surface area contributed by atoms with Crippen molar-refractivity contribution in [2.24, 2.45) is 7.05 Å². The van der Waals surface area contributed by atoms with Crippen molar-refractivity contribution in [3.8, 4) is 5.75 Å². The van der Waals surface area contributed by atoms with Crippen molar-refractivity contribution in [1.82, 2.24) is 4.57 Å². The number of benzene rings is 3. The summed E-state index contributed by atoms with van der Waals surface area (Å²) >= 11 is 0. The van der Waals surface area contributed by atoms with E-state index < -0.39 is 0 Å². The molecule has 0 saturated carbocycles. The second-order valence-corrected chi connectivity index (χ2v) is 7.21. The van der Waals surface area contributed by atoms with Crippen molar-refractivity contribution in [2.45, 2.75) is 13.0 Å². The van der Waals surface area contributed by atoms with Crippen molar-refractivity contribution < 1.29 is 9.13 Å². The molecule has 136 valence electrons. The number of aryl methyl sites for hydroxylation is 1. The van der Waals surface area contributed by atoms with Gasteiger partial charge in [-0.05, 0) is 53.2 Å². The van der Waals surface area contributed by atoms with E-state index in [1.807, 2.05) is 12.1 Å². The average molecular weight is 360 g/mol. The third-order valence-electron chi connectivity index (χ3n) is 5.76. The molecule has 0 radical (unpaired) electrons. The molecule has 0 unspecified atom stereocenters. The van der Waals surface area contributed by atoms with Crippen LogP contribution < -0.4 is 9.64 Å². The molecule has 27 heavy (non-hydrogen) atoms. The Morgan fingerprint density at radius 3 is 2.63 bits per heavy atom. The predicted molar refractivity (Wildman–Crippen MR) is 108 cm³/mol. The van der Waals surface area contributed by atoms with E-state index in [0.717, 1.165) is 36.2 Å². The standard InChI is InChI=1S/C23H21FN2O/c1-25-22-8-5-17(24)13-20(22)21-14-26(10-9-23(21)25)18-6-3-16-12-19(27-2)7-4-15(16)11-18/h3-8,11-13H,9-10,14H2,1-2H3. The third-order valence-corrected chi connectivity index (χ3v) is 5.76. The maximum absolute atomic E-state index is 13.8. The lowest BCUT2D eigenvalue weighted by Crippen LogP contribution is -2.30. The molecule has 0 saturated heterocycles. The summed E-state index contributed by atoms with van der Waals surface area (Å²) in [6, 6.07) is 17.8. The van der Waals surface area contributed by atoms with Crippen LogP contribution in [0.5, 0.6) is 5.75 Å². The van der Waals surface area contributed by atoms with Crippen LogP contribution in [0.3, 0.4) is 0 Å². The second kappa shape index (κ2) is 6.02. The summed E-state index contributed by atoms with van der Waals surface area (Å²) in [6.07, 6.45) is 0.961. The van der Waals surface area contributed by atoms with Crippen LogP contribution in [0.2, 0.25) is 0 Å². The molecule has 0 aliphatic carbocycles. The fourth-order valence-electron chi connectivity index (χ4n) is 4.31. The number of hydrogen-bond acceptors (Lipinski definition) is 2. The number of hydrogen-bond donors (Lipinski definition) is 0. The van der Waals surface area contributed by atoms with E-state index in [-0.39, 0.29) is 5.82 Å². The minimum absolute atomic E-state index is 0.173. The lowest BCUT2D eigenvalue weighted by atomic mass is 10.0. The van der Waals surface area contributed by atoms with Gasteiger partial charge in [0.1, 0.15) is 11.6 Å². The van der Waals surface area contributed by atoms with E-state index in [2.05, 4.69) is 46.8 Å². The number of fused-ring (bicyclic) bond motifs is 4. The van der Waals surface area contributed by atoms with E-state index in [4.69, 9.17) is 4.74 Å². The number of anilines is 1. The van der Waals surface area contributed by atoms with Gasteiger partial charge in [-0.1, -0.05) is 12.1 Å². The van der Waals surface area contributed by atoms with Crippen molar-refractivity contribution in [3.63, 3.8) is 0 Å². The van der Waals surface area contributed by atoms with Gasteiger partial charge in [0.25, 0.3) is 0 Å². The molecule has 1 aliphatic heterocycles. The fraction of sp³-hybridized carbons (Fsp3) is 0.217. The SMILES string of the molecule is COc1ccc2cc(N3CCc4c(c5cc(F)ccc5n4C)C3)ccc2c1. The first kappa shape index (κ1) is 16.2. The molecule has 4 heteroatoms. The molecule has 5 rings (SSSR count). The van der Waals surface area contributed by atoms with Gasteiger partial charge in [-0.25, -0.2) is 4.39 Å². The van der Waals surface area contributed by atoms with E-state index in [1.54, 1.807) is 19.2 Å². The first-order valence-electron chi connectivity index (χ1n) is 9.22. The minimum atomic E-state index is -0.173. The Labute approximate surface area is 157 Å². The molecule has 2 heterocycles. The van der Waals surface area contributed by atoms with Crippen molar-refractivity contribution in [2.75, 3.05) is 18.6 Å². The summed E-state index contributed by atoms with van der Waals surface area (Å²) in [4.78, 5) is 2.39. The van der Waals surface area contributed by atoms with Gasteiger partial charge in [0, 0.05) is 54.4 Å². The molecule has 0 spiro atoms. The molecular weight excluding hydrogens is 339 g/mol. The topological polar surface area (TPSA) is 17.4 Å². The van der Waals surface area contributed by atoms with Crippen LogP contribution >= 0.6 is 0 Å². The Balaban J connectivity index is 1.55. The molecule has 0 bridgehead atoms. The zero-order valence-corrected chi connectivity index (χ0v) is 15.5. The lowest BCUT2D eigenvalue weighted by molar-refractivity contribution is 0.415. The van der Waals surface area contributed by atoms with Crippen molar-refractivity contribution in [3.05, 3.63) is 71.7 Å². The fourth-order valence-corrected chi connectivity index (χ4v) is 4.31. The molecule has 1 aliphatic rings. The summed E-state index contributed by atoms with van der Waals surface area (Å²) in [5.41, 5.74) is 4.87. The van der Waals surface area contributed by atoms with Crippen molar-refractivity contribution in [1.29, 1.82) is 0 Å². The smallest absolute Gasteiger partial charge is 0.123 e. The van der Waals surface area contributed by atoms with Gasteiger partial charge in [-0.3, -0.25) is 0 Å². The predicted octanol–water partition coefficient (Wildman–Crippen LogP) is 5.04. The highest BCUT2D eigenvalue weighted by molar-refractivity contribution is 5.88. The average Bonchev–Trinajstić information content (AvgIpc) is 2.98. The highest BCUT2D eigenvalue weighted by Crippen LogP contribution is 2.34. The van der Waals surface area contributed by atoms with Crippen LogP contribution in [0.15, 0.2) is 54.6 Å². The Morgan fingerprint density at radius 1 is 0.963 bits per heavy atom. The van der Waals surface area contributed by atoms with Gasteiger partial charge in [0.05, 0.1) is 7.11 Å². The quantitative estimate of drug-likeness (QED) is 0.498. The van der Waals surface area contributed by atoms with Gasteiger partial charge < -0.3 is 14.2 Å². The van der Waals surface area contributed by atoms with Gasteiger partial charge in [-0.15, -0.1) is 0 Å². The molecular formula is C23H21FN2O. The minimum Gasteiger partial charge on any atom is -0.497 e. The number of methoxy groups -OCH3 is 1. The van der Waals surface area contributed by atoms with E-state index in [9.17, 15) is 4.39 Å². The first-order chi connectivity index (χ1) is 13.1. The highest BCUT2D eigenvalue weighted by atomic mass is 19.1. The third kappa shape index (κ3) is 2.55. The first-order valence-corrected chi connectivity index (χ1v) is 9.22. The molecule has 3 nitrogen and oxygen atoms in total. The summed E-state index contributed by atoms with van der Waals surface area (Å²) in [6.45, 7) is 1.76.